The third-order valence-electron chi connectivity index (χ3n) is 5.82. The molecule has 2 aliphatic rings. The molecule has 2 heterocycles. The zero-order chi connectivity index (χ0) is 17.4. The number of fused-ring (bicyclic) bond motifs is 1. The number of nitrogens with two attached hydrogens (primary N) is 1. The predicted molar refractivity (Wildman–Crippen MR) is 102 cm³/mol. The highest BCUT2D eigenvalue weighted by Gasteiger charge is 2.24. The molecular formula is C19H28N4OS. The highest BCUT2D eigenvalue weighted by atomic mass is 32.1. The molecule has 0 aromatic carbocycles. The van der Waals surface area contributed by atoms with Crippen LogP contribution in [0.25, 0.3) is 10.2 Å². The number of aryl methyl sites for hydroxylation is 1. The number of thiophene rings is 1. The summed E-state index contributed by atoms with van der Waals surface area (Å²) in [5.74, 6) is 0.0660. The van der Waals surface area contributed by atoms with E-state index in [1.807, 2.05) is 6.07 Å². The topological polar surface area (TPSA) is 72.9 Å². The minimum atomic E-state index is 0.0660. The Labute approximate surface area is 153 Å². The number of amides is 1. The monoisotopic (exact) mass is 360 g/mol. The Morgan fingerprint density at radius 1 is 1.20 bits per heavy atom. The van der Waals surface area contributed by atoms with Crippen LogP contribution in [0.1, 0.15) is 79.2 Å². The summed E-state index contributed by atoms with van der Waals surface area (Å²) in [6.07, 6.45) is 10.3. The summed E-state index contributed by atoms with van der Waals surface area (Å²) in [4.78, 5) is 14.7. The van der Waals surface area contributed by atoms with Crippen molar-refractivity contribution in [3.05, 3.63) is 16.6 Å². The van der Waals surface area contributed by atoms with Crippen molar-refractivity contribution in [2.75, 3.05) is 0 Å². The van der Waals surface area contributed by atoms with Crippen LogP contribution in [0.3, 0.4) is 0 Å². The van der Waals surface area contributed by atoms with Gasteiger partial charge in [-0.25, -0.2) is 0 Å². The first kappa shape index (κ1) is 17.0. The summed E-state index contributed by atoms with van der Waals surface area (Å²) in [5.41, 5.74) is 7.00. The number of hydrogen-bond donors (Lipinski definition) is 2. The molecule has 4 rings (SSSR count). The first-order chi connectivity index (χ1) is 12.1. The van der Waals surface area contributed by atoms with Gasteiger partial charge in [0.2, 0.25) is 0 Å². The third-order valence-corrected chi connectivity index (χ3v) is 6.94. The van der Waals surface area contributed by atoms with Gasteiger partial charge in [0.25, 0.3) is 5.91 Å². The Kier molecular flexibility index (Phi) is 4.82. The third kappa shape index (κ3) is 3.47. The number of hydrogen-bond acceptors (Lipinski definition) is 4. The summed E-state index contributed by atoms with van der Waals surface area (Å²) in [7, 11) is 0. The second-order valence-corrected chi connectivity index (χ2v) is 8.77. The summed E-state index contributed by atoms with van der Waals surface area (Å²) < 4.78 is 2.20. The van der Waals surface area contributed by atoms with Crippen molar-refractivity contribution in [3.63, 3.8) is 0 Å². The van der Waals surface area contributed by atoms with Gasteiger partial charge in [0.15, 0.2) is 0 Å². The van der Waals surface area contributed by atoms with Crippen LogP contribution >= 0.6 is 11.3 Å². The van der Waals surface area contributed by atoms with E-state index in [1.165, 1.54) is 36.9 Å². The van der Waals surface area contributed by atoms with E-state index in [4.69, 9.17) is 10.8 Å². The van der Waals surface area contributed by atoms with Crippen molar-refractivity contribution >= 4 is 27.5 Å². The van der Waals surface area contributed by atoms with Crippen LogP contribution in [0.5, 0.6) is 0 Å². The molecule has 2 fully saturated rings. The number of rotatable bonds is 3. The van der Waals surface area contributed by atoms with E-state index < -0.39 is 0 Å². The molecule has 0 bridgehead atoms. The molecule has 5 nitrogen and oxygen atoms in total. The van der Waals surface area contributed by atoms with Gasteiger partial charge in [-0.1, -0.05) is 19.3 Å². The average molecular weight is 361 g/mol. The Bertz CT molecular complexity index is 751. The van der Waals surface area contributed by atoms with Crippen LogP contribution in [0.4, 0.5) is 0 Å². The fourth-order valence-electron chi connectivity index (χ4n) is 4.28. The van der Waals surface area contributed by atoms with Crippen molar-refractivity contribution in [3.8, 4) is 0 Å². The molecule has 6 heteroatoms. The van der Waals surface area contributed by atoms with Crippen LogP contribution < -0.4 is 11.1 Å². The van der Waals surface area contributed by atoms with Gasteiger partial charge < -0.3 is 11.1 Å². The molecule has 2 aromatic rings. The normalized spacial score (nSPS) is 25.4. The summed E-state index contributed by atoms with van der Waals surface area (Å²) in [6, 6.07) is 3.11. The van der Waals surface area contributed by atoms with Crippen LogP contribution in [-0.2, 0) is 0 Å². The lowest BCUT2D eigenvalue weighted by Gasteiger charge is -2.26. The summed E-state index contributed by atoms with van der Waals surface area (Å²) in [5, 5.41) is 9.14. The molecule has 25 heavy (non-hydrogen) atoms. The Morgan fingerprint density at radius 3 is 2.64 bits per heavy atom. The van der Waals surface area contributed by atoms with Gasteiger partial charge in [-0.3, -0.25) is 9.48 Å². The molecule has 0 atom stereocenters. The Hall–Kier alpha value is -1.40. The van der Waals surface area contributed by atoms with E-state index in [2.05, 4.69) is 16.9 Å². The maximum Gasteiger partial charge on any atom is 0.261 e. The molecule has 2 aromatic heterocycles. The molecular weight excluding hydrogens is 332 g/mol. The molecule has 2 saturated carbocycles. The Morgan fingerprint density at radius 2 is 1.92 bits per heavy atom. The second kappa shape index (κ2) is 7.08. The van der Waals surface area contributed by atoms with Gasteiger partial charge in [0.05, 0.1) is 16.6 Å². The van der Waals surface area contributed by atoms with Gasteiger partial charge >= 0.3 is 0 Å². The minimum Gasteiger partial charge on any atom is -0.349 e. The number of carbonyl (C=O) groups excluding carboxylic acids is 1. The lowest BCUT2D eigenvalue weighted by molar-refractivity contribution is 0.0930. The van der Waals surface area contributed by atoms with Crippen molar-refractivity contribution in [1.29, 1.82) is 0 Å². The van der Waals surface area contributed by atoms with Gasteiger partial charge in [-0.15, -0.1) is 11.3 Å². The first-order valence-corrected chi connectivity index (χ1v) is 10.5. The lowest BCUT2D eigenvalue weighted by atomic mass is 9.92. The second-order valence-electron chi connectivity index (χ2n) is 7.74. The van der Waals surface area contributed by atoms with Crippen LogP contribution in [0.2, 0.25) is 0 Å². The van der Waals surface area contributed by atoms with Crippen molar-refractivity contribution in [1.82, 2.24) is 15.1 Å². The first-order valence-electron chi connectivity index (χ1n) is 9.67. The van der Waals surface area contributed by atoms with Crippen molar-refractivity contribution in [2.24, 2.45) is 5.73 Å². The van der Waals surface area contributed by atoms with E-state index in [-0.39, 0.29) is 11.9 Å². The molecule has 3 N–H and O–H groups in total. The molecule has 1 amide bonds. The van der Waals surface area contributed by atoms with Gasteiger partial charge in [-0.05, 0) is 51.5 Å². The largest absolute Gasteiger partial charge is 0.349 e. The number of carbonyl (C=O) groups is 1. The highest BCUT2D eigenvalue weighted by Crippen LogP contribution is 2.35. The van der Waals surface area contributed by atoms with E-state index in [0.717, 1.165) is 41.6 Å². The number of nitrogens with one attached hydrogen (secondary N) is 1. The molecule has 0 unspecified atom stereocenters. The maximum atomic E-state index is 12.7. The van der Waals surface area contributed by atoms with E-state index in [9.17, 15) is 4.79 Å². The van der Waals surface area contributed by atoms with E-state index in [0.29, 0.717) is 12.1 Å². The fourth-order valence-corrected chi connectivity index (χ4v) is 5.41. The van der Waals surface area contributed by atoms with Crippen LogP contribution in [0, 0.1) is 6.92 Å². The van der Waals surface area contributed by atoms with Crippen LogP contribution in [0.15, 0.2) is 6.07 Å². The Balaban J connectivity index is 1.53. The quantitative estimate of drug-likeness (QED) is 0.871. The molecule has 2 aliphatic carbocycles. The summed E-state index contributed by atoms with van der Waals surface area (Å²) in [6.45, 7) is 2.05. The SMILES string of the molecule is Cc1nn(C2CCCCC2)c2sc(C(=O)N[C@H]3CC[C@H](N)CC3)cc12. The molecule has 0 aliphatic heterocycles. The maximum absolute atomic E-state index is 12.7. The smallest absolute Gasteiger partial charge is 0.261 e. The van der Waals surface area contributed by atoms with Gasteiger partial charge in [-0.2, -0.15) is 5.10 Å². The average Bonchev–Trinajstić information content (AvgIpc) is 3.19. The minimum absolute atomic E-state index is 0.0660. The number of aromatic nitrogens is 2. The zero-order valence-corrected chi connectivity index (χ0v) is 15.8. The summed E-state index contributed by atoms with van der Waals surface area (Å²) >= 11 is 1.60. The van der Waals surface area contributed by atoms with E-state index in [1.54, 1.807) is 11.3 Å². The van der Waals surface area contributed by atoms with Gasteiger partial charge in [0, 0.05) is 17.5 Å². The zero-order valence-electron chi connectivity index (χ0n) is 15.0. The highest BCUT2D eigenvalue weighted by molar-refractivity contribution is 7.20. The van der Waals surface area contributed by atoms with E-state index >= 15 is 0 Å². The lowest BCUT2D eigenvalue weighted by Crippen LogP contribution is -2.40. The predicted octanol–water partition coefficient (Wildman–Crippen LogP) is 3.91. The number of nitrogens with zero attached hydrogens (tertiary/aromatic N) is 2. The van der Waals surface area contributed by atoms with Crippen LogP contribution in [-0.4, -0.2) is 27.8 Å². The standard InChI is InChI=1S/C19H28N4OS/c1-12-16-11-17(18(24)21-14-9-7-13(20)8-10-14)25-19(16)23(22-12)15-5-3-2-4-6-15/h11,13-15H,2-10,20H2,1H3,(H,21,24)/t13-,14-. The van der Waals surface area contributed by atoms with Crippen molar-refractivity contribution in [2.45, 2.75) is 82.8 Å². The molecule has 0 spiro atoms. The molecule has 136 valence electrons. The fraction of sp³-hybridized carbons (Fsp3) is 0.684. The van der Waals surface area contributed by atoms with Gasteiger partial charge in [0.1, 0.15) is 4.83 Å². The molecule has 0 radical (unpaired) electrons. The molecule has 0 saturated heterocycles. The van der Waals surface area contributed by atoms with Crippen molar-refractivity contribution < 1.29 is 4.79 Å².